The molecule has 1 radical (unpaired) electrons. The van der Waals surface area contributed by atoms with Crippen molar-refractivity contribution in [1.29, 1.82) is 0 Å². The van der Waals surface area contributed by atoms with Crippen LogP contribution in [0.1, 0.15) is 5.56 Å². The standard InChI is InChI=1S/C13H8NS.C10H5F3NS.Ir/c1-2-7-12-10(5-1)9-13(15-12)11-6-3-4-8-14-11;11-10(12,13)7-3-4-8(14-6-7)9-2-1-5-15-9;/h1-8H;1,3-6H;/q2*-1;. The van der Waals surface area contributed by atoms with Crippen LogP contribution in [0, 0.1) is 12.1 Å². The minimum atomic E-state index is -4.33. The Morgan fingerprint density at radius 2 is 1.61 bits per heavy atom. The molecule has 0 fully saturated rings. The first-order valence-electron chi connectivity index (χ1n) is 8.82. The predicted octanol–water partition coefficient (Wildman–Crippen LogP) is 7.39. The van der Waals surface area contributed by atoms with Crippen molar-refractivity contribution >= 4 is 32.8 Å². The van der Waals surface area contributed by atoms with Crippen molar-refractivity contribution in [2.24, 2.45) is 0 Å². The van der Waals surface area contributed by atoms with Crippen LogP contribution in [0.2, 0.25) is 0 Å². The van der Waals surface area contributed by atoms with E-state index in [1.54, 1.807) is 22.8 Å². The molecule has 8 heteroatoms. The second-order valence-corrected chi connectivity index (χ2v) is 8.06. The van der Waals surface area contributed by atoms with Gasteiger partial charge in [-0.1, -0.05) is 41.3 Å². The van der Waals surface area contributed by atoms with Crippen LogP contribution in [0.5, 0.6) is 0 Å². The number of halogens is 3. The summed E-state index contributed by atoms with van der Waals surface area (Å²) in [6, 6.07) is 24.6. The first-order valence-corrected chi connectivity index (χ1v) is 10.5. The Morgan fingerprint density at radius 1 is 0.839 bits per heavy atom. The molecule has 0 aliphatic carbocycles. The fourth-order valence-electron chi connectivity index (χ4n) is 2.61. The maximum Gasteiger partial charge on any atom is 0.417 e. The van der Waals surface area contributed by atoms with Gasteiger partial charge in [0, 0.05) is 38.2 Å². The molecule has 4 heterocycles. The normalized spacial score (nSPS) is 10.8. The zero-order valence-corrected chi connectivity index (χ0v) is 19.7. The predicted molar refractivity (Wildman–Crippen MR) is 115 cm³/mol. The van der Waals surface area contributed by atoms with Gasteiger partial charge in [-0.3, -0.25) is 0 Å². The molecule has 0 saturated heterocycles. The molecule has 0 N–H and O–H groups in total. The maximum absolute atomic E-state index is 12.2. The molecule has 5 aromatic rings. The third-order valence-electron chi connectivity index (χ3n) is 4.04. The zero-order valence-electron chi connectivity index (χ0n) is 15.7. The number of fused-ring (bicyclic) bond motifs is 1. The maximum atomic E-state index is 12.2. The number of pyridine rings is 2. The summed E-state index contributed by atoms with van der Waals surface area (Å²) in [7, 11) is 0. The monoisotopic (exact) mass is 631 g/mol. The molecule has 4 aromatic heterocycles. The second kappa shape index (κ2) is 10.3. The molecule has 0 atom stereocenters. The van der Waals surface area contributed by atoms with Crippen molar-refractivity contribution in [3.8, 4) is 21.1 Å². The molecule has 0 amide bonds. The van der Waals surface area contributed by atoms with Gasteiger partial charge in [-0.05, 0) is 21.3 Å². The van der Waals surface area contributed by atoms with E-state index in [2.05, 4.69) is 40.3 Å². The summed E-state index contributed by atoms with van der Waals surface area (Å²) >= 11 is 3.12. The topological polar surface area (TPSA) is 25.8 Å². The minimum absolute atomic E-state index is 0. The van der Waals surface area contributed by atoms with Gasteiger partial charge in [0.05, 0.1) is 5.56 Å². The van der Waals surface area contributed by atoms with Gasteiger partial charge in [0.25, 0.3) is 0 Å². The summed E-state index contributed by atoms with van der Waals surface area (Å²) in [5.74, 6) is 0. The van der Waals surface area contributed by atoms with Crippen molar-refractivity contribution in [3.63, 3.8) is 0 Å². The van der Waals surface area contributed by atoms with E-state index in [1.807, 2.05) is 30.5 Å². The van der Waals surface area contributed by atoms with Crippen LogP contribution in [0.4, 0.5) is 13.2 Å². The molecule has 0 aliphatic heterocycles. The number of hydrogen-bond acceptors (Lipinski definition) is 4. The smallest absolute Gasteiger partial charge is 0.318 e. The van der Waals surface area contributed by atoms with Crippen molar-refractivity contribution in [2.45, 2.75) is 6.18 Å². The quantitative estimate of drug-likeness (QED) is 0.190. The Bertz CT molecular complexity index is 1190. The Hall–Kier alpha value is -2.38. The molecule has 5 rings (SSSR count). The van der Waals surface area contributed by atoms with Gasteiger partial charge in [0.1, 0.15) is 0 Å². The summed E-state index contributed by atoms with van der Waals surface area (Å²) in [5, 5.41) is 2.97. The van der Waals surface area contributed by atoms with E-state index < -0.39 is 11.7 Å². The fourth-order valence-corrected chi connectivity index (χ4v) is 4.24. The van der Waals surface area contributed by atoms with Gasteiger partial charge in [-0.15, -0.1) is 29.0 Å². The van der Waals surface area contributed by atoms with Crippen LogP contribution in [-0.2, 0) is 26.3 Å². The third kappa shape index (κ3) is 5.86. The Kier molecular flexibility index (Phi) is 7.73. The molecule has 0 bridgehead atoms. The summed E-state index contributed by atoms with van der Waals surface area (Å²) in [4.78, 5) is 9.92. The molecule has 0 unspecified atom stereocenters. The van der Waals surface area contributed by atoms with Gasteiger partial charge < -0.3 is 9.97 Å². The van der Waals surface area contributed by atoms with Crippen molar-refractivity contribution < 1.29 is 33.3 Å². The average molecular weight is 631 g/mol. The Morgan fingerprint density at radius 3 is 2.23 bits per heavy atom. The average Bonchev–Trinajstić information content (AvgIpc) is 3.44. The van der Waals surface area contributed by atoms with Gasteiger partial charge in [0.15, 0.2) is 0 Å². The van der Waals surface area contributed by atoms with E-state index in [0.29, 0.717) is 5.69 Å². The summed E-state index contributed by atoms with van der Waals surface area (Å²) in [6.45, 7) is 0. The fraction of sp³-hybridized carbons (Fsp3) is 0.0435. The van der Waals surface area contributed by atoms with Crippen LogP contribution < -0.4 is 0 Å². The van der Waals surface area contributed by atoms with E-state index in [-0.39, 0.29) is 20.1 Å². The van der Waals surface area contributed by atoms with Gasteiger partial charge in [-0.2, -0.15) is 25.3 Å². The van der Waals surface area contributed by atoms with Crippen LogP contribution in [-0.4, -0.2) is 9.97 Å². The number of hydrogen-bond donors (Lipinski definition) is 0. The van der Waals surface area contributed by atoms with Crippen molar-refractivity contribution in [3.05, 3.63) is 96.1 Å². The van der Waals surface area contributed by atoms with Crippen LogP contribution in [0.3, 0.4) is 0 Å². The largest absolute Gasteiger partial charge is 0.417 e. The van der Waals surface area contributed by atoms with Crippen molar-refractivity contribution in [1.82, 2.24) is 9.97 Å². The van der Waals surface area contributed by atoms with Crippen LogP contribution >= 0.6 is 22.7 Å². The first kappa shape index (κ1) is 23.3. The zero-order chi connectivity index (χ0) is 21.0. The molecule has 31 heavy (non-hydrogen) atoms. The van der Waals surface area contributed by atoms with E-state index in [4.69, 9.17) is 0 Å². The number of aromatic nitrogens is 2. The summed E-state index contributed by atoms with van der Waals surface area (Å²) in [6.07, 6.45) is -1.68. The SMILES string of the molecule is FC(F)(F)c1ccc(-c2[c-]ccs2)nc1.[Ir].[c-]1c(-c2ccccn2)sc2ccccc12. The molecular formula is C23H13F3IrN2S2-2. The van der Waals surface area contributed by atoms with E-state index in [1.165, 1.54) is 27.5 Å². The molecule has 2 nitrogen and oxygen atoms in total. The van der Waals surface area contributed by atoms with E-state index >= 15 is 0 Å². The first-order chi connectivity index (χ1) is 14.5. The number of nitrogens with zero attached hydrogens (tertiary/aromatic N) is 2. The molecule has 0 aliphatic rings. The number of benzene rings is 1. The van der Waals surface area contributed by atoms with Crippen LogP contribution in [0.15, 0.2) is 78.4 Å². The molecule has 1 aromatic carbocycles. The van der Waals surface area contributed by atoms with Gasteiger partial charge in [0.2, 0.25) is 0 Å². The Labute approximate surface area is 198 Å². The number of rotatable bonds is 2. The Balaban J connectivity index is 0.000000170. The molecule has 0 saturated carbocycles. The van der Waals surface area contributed by atoms with Gasteiger partial charge in [-0.25, -0.2) is 22.7 Å². The van der Waals surface area contributed by atoms with Crippen LogP contribution in [0.25, 0.3) is 31.2 Å². The summed E-state index contributed by atoms with van der Waals surface area (Å²) in [5.41, 5.74) is 0.777. The number of alkyl halides is 3. The van der Waals surface area contributed by atoms with Crippen molar-refractivity contribution in [2.75, 3.05) is 0 Å². The molecule has 0 spiro atoms. The van der Waals surface area contributed by atoms with E-state index in [0.717, 1.165) is 27.7 Å². The summed E-state index contributed by atoms with van der Waals surface area (Å²) < 4.78 is 37.9. The minimum Gasteiger partial charge on any atom is -0.318 e. The third-order valence-corrected chi connectivity index (χ3v) is 5.96. The second-order valence-electron chi connectivity index (χ2n) is 6.09. The molecule has 159 valence electrons. The number of thiophene rings is 2. The van der Waals surface area contributed by atoms with E-state index in [9.17, 15) is 13.2 Å². The van der Waals surface area contributed by atoms with Gasteiger partial charge >= 0.3 is 6.18 Å². The molecular weight excluding hydrogens is 618 g/mol.